The van der Waals surface area contributed by atoms with Gasteiger partial charge in [-0.1, -0.05) is 48.0 Å². The molecule has 2 atom stereocenters. The van der Waals surface area contributed by atoms with Gasteiger partial charge in [0.2, 0.25) is 5.91 Å². The number of carbonyl (C=O) groups is 1. The van der Waals surface area contributed by atoms with Crippen LogP contribution in [0.3, 0.4) is 0 Å². The zero-order chi connectivity index (χ0) is 21.9. The summed E-state index contributed by atoms with van der Waals surface area (Å²) in [6.07, 6.45) is 3.73. The van der Waals surface area contributed by atoms with E-state index in [1.807, 2.05) is 54.7 Å². The standard InChI is InChI=1S/C25H22ClN3O3/c26-24-10-9-16(12-28-24)19(20-14-27-21-6-2-1-5-18(20)21)11-25(30)29-13-17-15-31-22-7-3-4-8-23(22)32-17/h1-10,12,14,17,19,27H,11,13,15H2,(H,29,30)/t17-,19-/m1/s1. The Bertz CT molecular complexity index is 1240. The summed E-state index contributed by atoms with van der Waals surface area (Å²) in [4.78, 5) is 20.5. The van der Waals surface area contributed by atoms with E-state index >= 15 is 0 Å². The summed E-state index contributed by atoms with van der Waals surface area (Å²) in [5.74, 6) is 1.18. The molecule has 0 saturated carbocycles. The molecule has 162 valence electrons. The van der Waals surface area contributed by atoms with Crippen molar-refractivity contribution in [2.24, 2.45) is 0 Å². The number of H-pyrrole nitrogens is 1. The number of carbonyl (C=O) groups excluding carboxylic acids is 1. The van der Waals surface area contributed by atoms with Crippen LogP contribution in [-0.4, -0.2) is 35.1 Å². The minimum absolute atomic E-state index is 0.0716. The van der Waals surface area contributed by atoms with Gasteiger partial charge in [-0.25, -0.2) is 4.98 Å². The zero-order valence-corrected chi connectivity index (χ0v) is 18.0. The Kier molecular flexibility index (Phi) is 5.69. The van der Waals surface area contributed by atoms with Crippen LogP contribution >= 0.6 is 11.6 Å². The number of para-hydroxylation sites is 3. The second kappa shape index (κ2) is 8.93. The van der Waals surface area contributed by atoms with Crippen molar-refractivity contribution in [3.8, 4) is 11.5 Å². The summed E-state index contributed by atoms with van der Waals surface area (Å²) in [7, 11) is 0. The van der Waals surface area contributed by atoms with Crippen molar-refractivity contribution < 1.29 is 14.3 Å². The average molecular weight is 448 g/mol. The van der Waals surface area contributed by atoms with Gasteiger partial charge in [-0.2, -0.15) is 0 Å². The Morgan fingerprint density at radius 3 is 2.78 bits per heavy atom. The number of amides is 1. The first kappa shape index (κ1) is 20.4. The lowest BCUT2D eigenvalue weighted by Gasteiger charge is -2.26. The predicted octanol–water partition coefficient (Wildman–Crippen LogP) is 4.69. The van der Waals surface area contributed by atoms with Crippen molar-refractivity contribution in [2.45, 2.75) is 18.4 Å². The molecule has 2 N–H and O–H groups in total. The Morgan fingerprint density at radius 2 is 1.94 bits per heavy atom. The lowest BCUT2D eigenvalue weighted by atomic mass is 9.89. The highest BCUT2D eigenvalue weighted by atomic mass is 35.5. The van der Waals surface area contributed by atoms with E-state index in [2.05, 4.69) is 21.4 Å². The third-order valence-corrected chi connectivity index (χ3v) is 5.86. The van der Waals surface area contributed by atoms with Crippen LogP contribution in [0.15, 0.2) is 73.1 Å². The van der Waals surface area contributed by atoms with Crippen LogP contribution in [0.1, 0.15) is 23.5 Å². The number of pyridine rings is 1. The van der Waals surface area contributed by atoms with Crippen LogP contribution in [0.5, 0.6) is 11.5 Å². The molecule has 0 unspecified atom stereocenters. The molecule has 4 aromatic rings. The third kappa shape index (κ3) is 4.27. The van der Waals surface area contributed by atoms with Gasteiger partial charge in [0, 0.05) is 35.6 Å². The number of fused-ring (bicyclic) bond motifs is 2. The number of hydrogen-bond acceptors (Lipinski definition) is 4. The van der Waals surface area contributed by atoms with Crippen LogP contribution in [0, 0.1) is 0 Å². The summed E-state index contributed by atoms with van der Waals surface area (Å²) in [5.41, 5.74) is 3.01. The molecule has 0 aliphatic carbocycles. The molecule has 0 radical (unpaired) electrons. The van der Waals surface area contributed by atoms with E-state index < -0.39 is 0 Å². The number of halogens is 1. The van der Waals surface area contributed by atoms with Gasteiger partial charge in [0.25, 0.3) is 0 Å². The molecule has 0 fully saturated rings. The summed E-state index contributed by atoms with van der Waals surface area (Å²) in [6.45, 7) is 0.761. The Balaban J connectivity index is 1.31. The van der Waals surface area contributed by atoms with E-state index in [4.69, 9.17) is 21.1 Å². The smallest absolute Gasteiger partial charge is 0.221 e. The largest absolute Gasteiger partial charge is 0.486 e. The molecule has 3 heterocycles. The fourth-order valence-electron chi connectivity index (χ4n) is 4.03. The Morgan fingerprint density at radius 1 is 1.12 bits per heavy atom. The predicted molar refractivity (Wildman–Crippen MR) is 123 cm³/mol. The maximum Gasteiger partial charge on any atom is 0.221 e. The van der Waals surface area contributed by atoms with Gasteiger partial charge < -0.3 is 19.8 Å². The van der Waals surface area contributed by atoms with Crippen molar-refractivity contribution in [3.63, 3.8) is 0 Å². The summed E-state index contributed by atoms with van der Waals surface area (Å²) < 4.78 is 11.7. The first-order chi connectivity index (χ1) is 15.7. The summed E-state index contributed by atoms with van der Waals surface area (Å²) in [6, 6.07) is 19.3. The minimum atomic E-state index is -0.238. The minimum Gasteiger partial charge on any atom is -0.486 e. The third-order valence-electron chi connectivity index (χ3n) is 5.63. The molecule has 0 bridgehead atoms. The van der Waals surface area contributed by atoms with Crippen molar-refractivity contribution in [1.82, 2.24) is 15.3 Å². The number of hydrogen-bond donors (Lipinski definition) is 2. The molecule has 1 amide bonds. The van der Waals surface area contributed by atoms with E-state index in [-0.39, 0.29) is 24.3 Å². The molecular weight excluding hydrogens is 426 g/mol. The molecule has 0 saturated heterocycles. The molecule has 7 heteroatoms. The topological polar surface area (TPSA) is 76.2 Å². The second-order valence-corrected chi connectivity index (χ2v) is 8.15. The highest BCUT2D eigenvalue weighted by molar-refractivity contribution is 6.29. The number of nitrogens with one attached hydrogen (secondary N) is 2. The van der Waals surface area contributed by atoms with E-state index in [0.29, 0.717) is 24.1 Å². The molecule has 2 aromatic heterocycles. The lowest BCUT2D eigenvalue weighted by Crippen LogP contribution is -2.41. The van der Waals surface area contributed by atoms with Crippen LogP contribution in [0.25, 0.3) is 10.9 Å². The highest BCUT2D eigenvalue weighted by Gasteiger charge is 2.24. The lowest BCUT2D eigenvalue weighted by molar-refractivity contribution is -0.121. The number of benzene rings is 2. The van der Waals surface area contributed by atoms with E-state index in [1.165, 1.54) is 0 Å². The fraction of sp³-hybridized carbons (Fsp3) is 0.200. The number of nitrogens with zero attached hydrogens (tertiary/aromatic N) is 1. The van der Waals surface area contributed by atoms with Crippen LogP contribution in [0.2, 0.25) is 5.15 Å². The van der Waals surface area contributed by atoms with Gasteiger partial charge in [0.1, 0.15) is 17.9 Å². The van der Waals surface area contributed by atoms with E-state index in [0.717, 1.165) is 27.8 Å². The fourth-order valence-corrected chi connectivity index (χ4v) is 4.14. The van der Waals surface area contributed by atoms with Gasteiger partial charge >= 0.3 is 0 Å². The number of aromatic amines is 1. The quantitative estimate of drug-likeness (QED) is 0.420. The number of rotatable bonds is 6. The van der Waals surface area contributed by atoms with Crippen molar-refractivity contribution in [2.75, 3.05) is 13.2 Å². The Labute approximate surface area is 190 Å². The first-order valence-electron chi connectivity index (χ1n) is 10.5. The molecular formula is C25H22ClN3O3. The maximum atomic E-state index is 12.9. The first-order valence-corrected chi connectivity index (χ1v) is 10.9. The molecule has 1 aliphatic rings. The summed E-state index contributed by atoms with van der Waals surface area (Å²) >= 11 is 5.99. The molecule has 2 aromatic carbocycles. The second-order valence-electron chi connectivity index (χ2n) is 7.76. The van der Waals surface area contributed by atoms with E-state index in [1.54, 1.807) is 12.3 Å². The van der Waals surface area contributed by atoms with Crippen molar-refractivity contribution >= 4 is 28.4 Å². The van der Waals surface area contributed by atoms with Crippen molar-refractivity contribution in [1.29, 1.82) is 0 Å². The monoisotopic (exact) mass is 447 g/mol. The van der Waals surface area contributed by atoms with Gasteiger partial charge in [0.05, 0.1) is 6.54 Å². The van der Waals surface area contributed by atoms with Crippen LogP contribution < -0.4 is 14.8 Å². The molecule has 5 rings (SSSR count). The van der Waals surface area contributed by atoms with Gasteiger partial charge in [-0.15, -0.1) is 0 Å². The number of aromatic nitrogens is 2. The van der Waals surface area contributed by atoms with E-state index in [9.17, 15) is 4.79 Å². The van der Waals surface area contributed by atoms with Gasteiger partial charge in [0.15, 0.2) is 11.5 Å². The van der Waals surface area contributed by atoms with Gasteiger partial charge in [-0.05, 0) is 35.4 Å². The maximum absolute atomic E-state index is 12.9. The molecule has 0 spiro atoms. The molecule has 1 aliphatic heterocycles. The number of ether oxygens (including phenoxy) is 2. The highest BCUT2D eigenvalue weighted by Crippen LogP contribution is 2.34. The Hall–Kier alpha value is -3.51. The normalized spacial score (nSPS) is 16.0. The zero-order valence-electron chi connectivity index (χ0n) is 17.3. The SMILES string of the molecule is O=C(C[C@H](c1ccc(Cl)nc1)c1c[nH]c2ccccc12)NC[C@@H]1COc2ccccc2O1. The average Bonchev–Trinajstić information content (AvgIpc) is 3.26. The van der Waals surface area contributed by atoms with Gasteiger partial charge in [-0.3, -0.25) is 4.79 Å². The van der Waals surface area contributed by atoms with Crippen molar-refractivity contribution in [3.05, 3.63) is 89.3 Å². The molecule has 32 heavy (non-hydrogen) atoms. The van der Waals surface area contributed by atoms with Crippen LogP contribution in [-0.2, 0) is 4.79 Å². The van der Waals surface area contributed by atoms with Crippen LogP contribution in [0.4, 0.5) is 0 Å². The molecule has 6 nitrogen and oxygen atoms in total. The summed E-state index contributed by atoms with van der Waals surface area (Å²) in [5, 5.41) is 4.51.